The molecule has 106 valence electrons. The molecular formula is C15H16BrNO3. The summed E-state index contributed by atoms with van der Waals surface area (Å²) in [6, 6.07) is 2.02. The average molecular weight is 338 g/mol. The lowest BCUT2D eigenvalue weighted by Gasteiger charge is -2.27. The number of halogens is 1. The molecule has 20 heavy (non-hydrogen) atoms. The summed E-state index contributed by atoms with van der Waals surface area (Å²) in [5.74, 6) is 1.82. The number of aliphatic imine (C=N–C) groups is 1. The number of hydrogen-bond acceptors (Lipinski definition) is 4. The van der Waals surface area contributed by atoms with Crippen LogP contribution in [0.5, 0.6) is 11.5 Å². The van der Waals surface area contributed by atoms with Crippen molar-refractivity contribution >= 4 is 22.0 Å². The van der Waals surface area contributed by atoms with Crippen LogP contribution < -0.4 is 9.47 Å². The Morgan fingerprint density at radius 2 is 1.95 bits per heavy atom. The molecule has 2 aliphatic rings. The summed E-state index contributed by atoms with van der Waals surface area (Å²) in [6.45, 7) is 5.34. The third-order valence-corrected chi connectivity index (χ3v) is 4.46. The normalized spacial score (nSPS) is 18.6. The lowest BCUT2D eigenvalue weighted by Crippen LogP contribution is -2.20. The van der Waals surface area contributed by atoms with E-state index in [0.29, 0.717) is 13.2 Å². The molecule has 0 saturated heterocycles. The van der Waals surface area contributed by atoms with Crippen LogP contribution in [-0.2, 0) is 10.3 Å². The quantitative estimate of drug-likeness (QED) is 0.624. The van der Waals surface area contributed by atoms with E-state index in [2.05, 4.69) is 34.8 Å². The van der Waals surface area contributed by atoms with Gasteiger partial charge in [-0.1, -0.05) is 13.8 Å². The highest BCUT2D eigenvalue weighted by Gasteiger charge is 2.48. The van der Waals surface area contributed by atoms with Gasteiger partial charge in [0.1, 0.15) is 13.2 Å². The highest BCUT2D eigenvalue weighted by molar-refractivity contribution is 9.10. The molecule has 0 radical (unpaired) electrons. The molecule has 1 saturated carbocycles. The molecule has 0 aromatic heterocycles. The van der Waals surface area contributed by atoms with Crippen molar-refractivity contribution < 1.29 is 14.3 Å². The number of benzene rings is 1. The first-order chi connectivity index (χ1) is 9.59. The predicted molar refractivity (Wildman–Crippen MR) is 78.3 cm³/mol. The maximum Gasteiger partial charge on any atom is 0.235 e. The van der Waals surface area contributed by atoms with Crippen LogP contribution in [0.15, 0.2) is 15.5 Å². The number of nitrogens with zero attached hydrogens (tertiary/aromatic N) is 1. The van der Waals surface area contributed by atoms with Crippen LogP contribution in [0.2, 0.25) is 0 Å². The number of isocyanates is 1. The molecule has 1 aromatic carbocycles. The molecule has 4 nitrogen and oxygen atoms in total. The minimum atomic E-state index is -0.403. The van der Waals surface area contributed by atoms with Gasteiger partial charge in [0.25, 0.3) is 0 Å². The topological polar surface area (TPSA) is 47.9 Å². The van der Waals surface area contributed by atoms with Gasteiger partial charge >= 0.3 is 0 Å². The van der Waals surface area contributed by atoms with Gasteiger partial charge in [-0.25, -0.2) is 4.79 Å². The van der Waals surface area contributed by atoms with E-state index in [1.807, 2.05) is 6.07 Å². The van der Waals surface area contributed by atoms with E-state index in [1.165, 1.54) is 0 Å². The van der Waals surface area contributed by atoms with Crippen LogP contribution >= 0.6 is 15.9 Å². The highest BCUT2D eigenvalue weighted by Crippen LogP contribution is 2.56. The Morgan fingerprint density at radius 3 is 2.50 bits per heavy atom. The Labute approximate surface area is 126 Å². The smallest absolute Gasteiger partial charge is 0.235 e. The maximum atomic E-state index is 10.7. The number of hydrogen-bond donors (Lipinski definition) is 0. The predicted octanol–water partition coefficient (Wildman–Crippen LogP) is 3.67. The zero-order valence-corrected chi connectivity index (χ0v) is 13.1. The van der Waals surface area contributed by atoms with E-state index in [0.717, 1.165) is 39.9 Å². The second kappa shape index (κ2) is 4.90. The van der Waals surface area contributed by atoms with Crippen molar-refractivity contribution in [1.82, 2.24) is 0 Å². The van der Waals surface area contributed by atoms with Crippen molar-refractivity contribution in [3.05, 3.63) is 21.7 Å². The van der Waals surface area contributed by atoms with Gasteiger partial charge < -0.3 is 9.47 Å². The van der Waals surface area contributed by atoms with Gasteiger partial charge in [-0.2, -0.15) is 4.99 Å². The van der Waals surface area contributed by atoms with Gasteiger partial charge in [0, 0.05) is 5.56 Å². The second-order valence-corrected chi connectivity index (χ2v) is 6.42. The first-order valence-corrected chi connectivity index (χ1v) is 7.60. The molecule has 1 aromatic rings. The van der Waals surface area contributed by atoms with Crippen molar-refractivity contribution in [2.24, 2.45) is 4.99 Å². The van der Waals surface area contributed by atoms with E-state index >= 15 is 0 Å². The van der Waals surface area contributed by atoms with Crippen LogP contribution in [0.1, 0.15) is 43.7 Å². The Balaban J connectivity index is 2.24. The first kappa shape index (κ1) is 13.7. The summed E-state index contributed by atoms with van der Waals surface area (Å²) < 4.78 is 12.4. The summed E-state index contributed by atoms with van der Waals surface area (Å²) in [5, 5.41) is 0. The zero-order valence-electron chi connectivity index (χ0n) is 11.5. The lowest BCUT2D eigenvalue weighted by atomic mass is 9.90. The van der Waals surface area contributed by atoms with Gasteiger partial charge in [0.15, 0.2) is 11.5 Å². The van der Waals surface area contributed by atoms with Gasteiger partial charge in [0.2, 0.25) is 6.08 Å². The first-order valence-electron chi connectivity index (χ1n) is 6.80. The van der Waals surface area contributed by atoms with Gasteiger partial charge in [-0.15, -0.1) is 0 Å². The Hall–Kier alpha value is -1.32. The summed E-state index contributed by atoms with van der Waals surface area (Å²) in [5.41, 5.74) is 1.76. The SMILES string of the molecule is CC(C)c1c(C2(N=C=O)CC2)cc(Br)c2c1OCCO2. The molecule has 0 amide bonds. The standard InChI is InChI=1S/C15H16BrNO3/c1-9(2)12-10(15(3-4-15)17-8-18)7-11(16)13-14(12)20-6-5-19-13/h7,9H,3-6H2,1-2H3. The largest absolute Gasteiger partial charge is 0.486 e. The molecule has 0 spiro atoms. The number of fused-ring (bicyclic) bond motifs is 1. The molecule has 0 bridgehead atoms. The van der Waals surface area contributed by atoms with Crippen LogP contribution in [0.3, 0.4) is 0 Å². The van der Waals surface area contributed by atoms with Crippen LogP contribution in [0, 0.1) is 0 Å². The Bertz CT molecular complexity index is 602. The molecule has 0 unspecified atom stereocenters. The molecule has 1 heterocycles. The fourth-order valence-corrected chi connectivity index (χ4v) is 3.32. The molecule has 3 rings (SSSR count). The van der Waals surface area contributed by atoms with Gasteiger partial charge in [-0.3, -0.25) is 0 Å². The average Bonchev–Trinajstić information content (AvgIpc) is 3.19. The molecule has 0 N–H and O–H groups in total. The molecule has 1 fully saturated rings. The van der Waals surface area contributed by atoms with E-state index in [-0.39, 0.29) is 5.92 Å². The number of carbonyl (C=O) groups excluding carboxylic acids is 1. The fraction of sp³-hybridized carbons (Fsp3) is 0.533. The van der Waals surface area contributed by atoms with Crippen LogP contribution in [0.25, 0.3) is 0 Å². The van der Waals surface area contributed by atoms with Crippen LogP contribution in [-0.4, -0.2) is 19.3 Å². The second-order valence-electron chi connectivity index (χ2n) is 5.56. The maximum absolute atomic E-state index is 10.7. The molecule has 1 aliphatic heterocycles. The Kier molecular flexibility index (Phi) is 3.35. The third kappa shape index (κ3) is 2.05. The summed E-state index contributed by atoms with van der Waals surface area (Å²) >= 11 is 3.54. The monoisotopic (exact) mass is 337 g/mol. The zero-order chi connectivity index (χ0) is 14.3. The van der Waals surface area contributed by atoms with E-state index < -0.39 is 5.54 Å². The van der Waals surface area contributed by atoms with Gasteiger partial charge in [-0.05, 0) is 46.3 Å². The minimum Gasteiger partial charge on any atom is -0.486 e. The molecular weight excluding hydrogens is 322 g/mol. The lowest BCUT2D eigenvalue weighted by molar-refractivity contribution is 0.168. The highest BCUT2D eigenvalue weighted by atomic mass is 79.9. The fourth-order valence-electron chi connectivity index (χ4n) is 2.79. The van der Waals surface area contributed by atoms with Gasteiger partial charge in [0.05, 0.1) is 10.0 Å². The molecule has 1 aliphatic carbocycles. The van der Waals surface area contributed by atoms with Crippen molar-refractivity contribution in [3.63, 3.8) is 0 Å². The summed E-state index contributed by atoms with van der Waals surface area (Å²) in [7, 11) is 0. The minimum absolute atomic E-state index is 0.271. The van der Waals surface area contributed by atoms with Crippen molar-refractivity contribution in [1.29, 1.82) is 0 Å². The number of rotatable bonds is 3. The van der Waals surface area contributed by atoms with E-state index in [4.69, 9.17) is 9.47 Å². The third-order valence-electron chi connectivity index (χ3n) is 3.87. The summed E-state index contributed by atoms with van der Waals surface area (Å²) in [4.78, 5) is 14.8. The molecule has 0 atom stereocenters. The Morgan fingerprint density at radius 1 is 1.30 bits per heavy atom. The van der Waals surface area contributed by atoms with Crippen LogP contribution in [0.4, 0.5) is 0 Å². The van der Waals surface area contributed by atoms with Crippen molar-refractivity contribution in [2.45, 2.75) is 38.1 Å². The number of ether oxygens (including phenoxy) is 2. The van der Waals surface area contributed by atoms with Crippen molar-refractivity contribution in [3.8, 4) is 11.5 Å². The summed E-state index contributed by atoms with van der Waals surface area (Å²) in [6.07, 6.45) is 3.49. The van der Waals surface area contributed by atoms with E-state index in [9.17, 15) is 4.79 Å². The van der Waals surface area contributed by atoms with E-state index in [1.54, 1.807) is 6.08 Å². The van der Waals surface area contributed by atoms with Crippen molar-refractivity contribution in [2.75, 3.05) is 13.2 Å². The molecule has 5 heteroatoms.